The number of halogens is 2. The van der Waals surface area contributed by atoms with E-state index in [1.807, 2.05) is 11.8 Å². The second-order valence-electron chi connectivity index (χ2n) is 6.67. The largest absolute Gasteiger partial charge is 0.324 e. The minimum absolute atomic E-state index is 0.154. The zero-order valence-corrected chi connectivity index (χ0v) is 17.7. The molecule has 0 bridgehead atoms. The van der Waals surface area contributed by atoms with Crippen LogP contribution >= 0.6 is 23.2 Å². The highest BCUT2D eigenvalue weighted by molar-refractivity contribution is 7.89. The van der Waals surface area contributed by atoms with Gasteiger partial charge in [-0.25, -0.2) is 8.42 Å². The number of amides is 1. The molecule has 2 aromatic carbocycles. The Morgan fingerprint density at radius 3 is 2.32 bits per heavy atom. The van der Waals surface area contributed by atoms with Crippen LogP contribution in [0.5, 0.6) is 0 Å². The van der Waals surface area contributed by atoms with Gasteiger partial charge < -0.3 is 5.32 Å². The predicted octanol–water partition coefficient (Wildman–Crippen LogP) is 3.25. The van der Waals surface area contributed by atoms with Gasteiger partial charge in [-0.1, -0.05) is 40.9 Å². The van der Waals surface area contributed by atoms with Crippen molar-refractivity contribution in [2.45, 2.75) is 11.8 Å². The van der Waals surface area contributed by atoms with Gasteiger partial charge in [0.15, 0.2) is 0 Å². The van der Waals surface area contributed by atoms with E-state index in [1.165, 1.54) is 4.31 Å². The average Bonchev–Trinajstić information content (AvgIpc) is 2.65. The number of aryl methyl sites for hydroxylation is 1. The quantitative estimate of drug-likeness (QED) is 0.772. The van der Waals surface area contributed by atoms with E-state index in [1.54, 1.807) is 42.5 Å². The minimum atomic E-state index is -3.52. The molecule has 2 aromatic rings. The Morgan fingerprint density at radius 2 is 1.68 bits per heavy atom. The van der Waals surface area contributed by atoms with Crippen molar-refractivity contribution < 1.29 is 13.2 Å². The topological polar surface area (TPSA) is 69.7 Å². The summed E-state index contributed by atoms with van der Waals surface area (Å²) in [6.45, 7) is 3.68. The third kappa shape index (κ3) is 5.04. The fourth-order valence-corrected chi connectivity index (χ4v) is 4.73. The molecule has 0 aromatic heterocycles. The molecule has 0 aliphatic carbocycles. The molecule has 1 N–H and O–H groups in total. The van der Waals surface area contributed by atoms with Crippen molar-refractivity contribution in [1.29, 1.82) is 0 Å². The first kappa shape index (κ1) is 21.1. The molecule has 0 saturated carbocycles. The van der Waals surface area contributed by atoms with Crippen LogP contribution < -0.4 is 5.32 Å². The van der Waals surface area contributed by atoms with Crippen LogP contribution in [0.15, 0.2) is 47.4 Å². The van der Waals surface area contributed by atoms with Crippen molar-refractivity contribution in [2.24, 2.45) is 0 Å². The van der Waals surface area contributed by atoms with Crippen LogP contribution in [0, 0.1) is 6.92 Å². The molecule has 1 saturated heterocycles. The van der Waals surface area contributed by atoms with Crippen molar-refractivity contribution in [3.8, 4) is 0 Å². The molecule has 1 aliphatic rings. The smallest absolute Gasteiger partial charge is 0.243 e. The molecule has 150 valence electrons. The molecule has 3 rings (SSSR count). The van der Waals surface area contributed by atoms with E-state index in [0.29, 0.717) is 46.8 Å². The van der Waals surface area contributed by atoms with Crippen molar-refractivity contribution >= 4 is 44.8 Å². The Hall–Kier alpha value is -1.64. The maximum Gasteiger partial charge on any atom is 0.243 e. The lowest BCUT2D eigenvalue weighted by Gasteiger charge is -2.33. The molecular formula is C19H21Cl2N3O3S. The molecule has 0 radical (unpaired) electrons. The van der Waals surface area contributed by atoms with Crippen LogP contribution in [0.25, 0.3) is 0 Å². The maximum absolute atomic E-state index is 12.7. The lowest BCUT2D eigenvalue weighted by atomic mass is 10.2. The Kier molecular flexibility index (Phi) is 6.62. The summed E-state index contributed by atoms with van der Waals surface area (Å²) < 4.78 is 26.9. The van der Waals surface area contributed by atoms with Gasteiger partial charge in [0.1, 0.15) is 0 Å². The SMILES string of the molecule is Cc1ccc(S(=O)(=O)N2CCN(CC(=O)Nc3cc(Cl)ccc3Cl)CC2)cc1. The first-order valence-corrected chi connectivity index (χ1v) is 11.0. The minimum Gasteiger partial charge on any atom is -0.324 e. The summed E-state index contributed by atoms with van der Waals surface area (Å²) in [4.78, 5) is 14.5. The molecule has 0 unspecified atom stereocenters. The Labute approximate surface area is 175 Å². The summed E-state index contributed by atoms with van der Waals surface area (Å²) >= 11 is 12.0. The molecule has 0 atom stereocenters. The molecule has 1 amide bonds. The van der Waals surface area contributed by atoms with Crippen LogP contribution in [-0.4, -0.2) is 56.3 Å². The normalized spacial score (nSPS) is 16.1. The summed E-state index contributed by atoms with van der Waals surface area (Å²) in [5.74, 6) is -0.223. The lowest BCUT2D eigenvalue weighted by Crippen LogP contribution is -2.50. The number of hydrogen-bond donors (Lipinski definition) is 1. The summed E-state index contributed by atoms with van der Waals surface area (Å²) in [7, 11) is -3.52. The first-order valence-electron chi connectivity index (χ1n) is 8.80. The van der Waals surface area contributed by atoms with Crippen LogP contribution in [0.3, 0.4) is 0 Å². The van der Waals surface area contributed by atoms with Gasteiger partial charge >= 0.3 is 0 Å². The molecule has 9 heteroatoms. The second kappa shape index (κ2) is 8.80. The van der Waals surface area contributed by atoms with Crippen LogP contribution in [-0.2, 0) is 14.8 Å². The van der Waals surface area contributed by atoms with E-state index in [4.69, 9.17) is 23.2 Å². The van der Waals surface area contributed by atoms with E-state index in [2.05, 4.69) is 5.32 Å². The number of rotatable bonds is 5. The molecule has 0 spiro atoms. The van der Waals surface area contributed by atoms with Gasteiger partial charge in [-0.3, -0.25) is 9.69 Å². The monoisotopic (exact) mass is 441 g/mol. The average molecular weight is 442 g/mol. The fourth-order valence-electron chi connectivity index (χ4n) is 2.97. The van der Waals surface area contributed by atoms with Gasteiger partial charge in [-0.2, -0.15) is 4.31 Å². The third-order valence-electron chi connectivity index (χ3n) is 4.56. The summed E-state index contributed by atoms with van der Waals surface area (Å²) in [5, 5.41) is 3.63. The van der Waals surface area contributed by atoms with Gasteiger partial charge in [0.25, 0.3) is 0 Å². The lowest BCUT2D eigenvalue weighted by molar-refractivity contribution is -0.117. The highest BCUT2D eigenvalue weighted by Crippen LogP contribution is 2.25. The summed E-state index contributed by atoms with van der Waals surface area (Å²) in [5.41, 5.74) is 1.47. The Morgan fingerprint density at radius 1 is 1.04 bits per heavy atom. The number of carbonyl (C=O) groups is 1. The van der Waals surface area contributed by atoms with Crippen LogP contribution in [0.4, 0.5) is 5.69 Å². The third-order valence-corrected chi connectivity index (χ3v) is 7.04. The van der Waals surface area contributed by atoms with Crippen molar-refractivity contribution in [3.63, 3.8) is 0 Å². The van der Waals surface area contributed by atoms with Gasteiger partial charge in [0, 0.05) is 31.2 Å². The zero-order valence-electron chi connectivity index (χ0n) is 15.4. The number of hydrogen-bond acceptors (Lipinski definition) is 4. The van der Waals surface area contributed by atoms with Gasteiger partial charge in [-0.05, 0) is 37.3 Å². The predicted molar refractivity (Wildman–Crippen MR) is 111 cm³/mol. The maximum atomic E-state index is 12.7. The van der Waals surface area contributed by atoms with Crippen LogP contribution in [0.2, 0.25) is 10.0 Å². The molecule has 1 fully saturated rings. The Bertz CT molecular complexity index is 957. The molecular weight excluding hydrogens is 421 g/mol. The highest BCUT2D eigenvalue weighted by atomic mass is 35.5. The van der Waals surface area contributed by atoms with Gasteiger partial charge in [0.2, 0.25) is 15.9 Å². The van der Waals surface area contributed by atoms with E-state index < -0.39 is 10.0 Å². The molecule has 6 nitrogen and oxygen atoms in total. The number of nitrogens with one attached hydrogen (secondary N) is 1. The number of carbonyl (C=O) groups excluding carboxylic acids is 1. The number of sulfonamides is 1. The number of nitrogens with zero attached hydrogens (tertiary/aromatic N) is 2. The van der Waals surface area contributed by atoms with Crippen molar-refractivity contribution in [1.82, 2.24) is 9.21 Å². The summed E-state index contributed by atoms with van der Waals surface area (Å²) in [6.07, 6.45) is 0. The Balaban J connectivity index is 1.55. The van der Waals surface area contributed by atoms with Gasteiger partial charge in [0.05, 0.1) is 22.2 Å². The van der Waals surface area contributed by atoms with E-state index in [9.17, 15) is 13.2 Å². The molecule has 1 heterocycles. The fraction of sp³-hybridized carbons (Fsp3) is 0.316. The van der Waals surface area contributed by atoms with Crippen molar-refractivity contribution in [2.75, 3.05) is 38.0 Å². The molecule has 28 heavy (non-hydrogen) atoms. The zero-order chi connectivity index (χ0) is 20.3. The number of benzene rings is 2. The molecule has 1 aliphatic heterocycles. The van der Waals surface area contributed by atoms with Gasteiger partial charge in [-0.15, -0.1) is 0 Å². The number of piperazine rings is 1. The second-order valence-corrected chi connectivity index (χ2v) is 9.45. The van der Waals surface area contributed by atoms with E-state index >= 15 is 0 Å². The van der Waals surface area contributed by atoms with E-state index in [0.717, 1.165) is 5.56 Å². The first-order chi connectivity index (χ1) is 13.3. The standard InChI is InChI=1S/C19H21Cl2N3O3S/c1-14-2-5-16(6-3-14)28(26,27)24-10-8-23(9-11-24)13-19(25)22-18-12-15(20)4-7-17(18)21/h2-7,12H,8-11,13H2,1H3,(H,22,25). The van der Waals surface area contributed by atoms with Crippen molar-refractivity contribution in [3.05, 3.63) is 58.1 Å². The number of anilines is 1. The van der Waals surface area contributed by atoms with Crippen LogP contribution in [0.1, 0.15) is 5.56 Å². The summed E-state index contributed by atoms with van der Waals surface area (Å²) in [6, 6.07) is 11.7. The van der Waals surface area contributed by atoms with E-state index in [-0.39, 0.29) is 12.5 Å². The highest BCUT2D eigenvalue weighted by Gasteiger charge is 2.29.